The van der Waals surface area contributed by atoms with Crippen LogP contribution < -0.4 is 4.74 Å². The van der Waals surface area contributed by atoms with E-state index in [1.165, 1.54) is 35.2 Å². The van der Waals surface area contributed by atoms with Crippen LogP contribution in [0.4, 0.5) is 8.78 Å². The first-order chi connectivity index (χ1) is 11.6. The van der Waals surface area contributed by atoms with Crippen molar-refractivity contribution in [2.45, 2.75) is 12.5 Å². The fraction of sp³-hybridized carbons (Fsp3) is 0.278. The fourth-order valence-electron chi connectivity index (χ4n) is 2.81. The number of aliphatic hydroxyl groups excluding tert-OH is 1. The number of fused-ring (bicyclic) bond motifs is 1. The summed E-state index contributed by atoms with van der Waals surface area (Å²) in [6.07, 6.45) is 0. The molecule has 1 atom stereocenters. The lowest BCUT2D eigenvalue weighted by molar-refractivity contribution is -0.134. The van der Waals surface area contributed by atoms with Crippen molar-refractivity contribution in [1.29, 1.82) is 0 Å². The van der Waals surface area contributed by atoms with Crippen LogP contribution in [-0.2, 0) is 11.3 Å². The van der Waals surface area contributed by atoms with Crippen molar-refractivity contribution >= 4 is 5.91 Å². The molecule has 1 aliphatic heterocycles. The van der Waals surface area contributed by atoms with Gasteiger partial charge in [0.25, 0.3) is 0 Å². The van der Waals surface area contributed by atoms with Gasteiger partial charge in [-0.2, -0.15) is 0 Å². The monoisotopic (exact) mass is 333 g/mol. The van der Waals surface area contributed by atoms with E-state index < -0.39 is 11.7 Å². The molecule has 0 bridgehead atoms. The van der Waals surface area contributed by atoms with Gasteiger partial charge in [-0.1, -0.05) is 12.1 Å². The Morgan fingerprint density at radius 1 is 1.17 bits per heavy atom. The molecular weight excluding hydrogens is 316 g/mol. The highest BCUT2D eigenvalue weighted by atomic mass is 19.1. The molecule has 126 valence electrons. The van der Waals surface area contributed by atoms with Crippen molar-refractivity contribution in [3.8, 4) is 5.75 Å². The van der Waals surface area contributed by atoms with Crippen molar-refractivity contribution in [3.63, 3.8) is 0 Å². The van der Waals surface area contributed by atoms with Crippen LogP contribution in [0.2, 0.25) is 0 Å². The SMILES string of the molecule is O=C(C1COc2ccc(F)cc21)N(CCO)Cc1ccc(F)cc1. The van der Waals surface area contributed by atoms with Crippen molar-refractivity contribution < 1.29 is 23.4 Å². The molecule has 0 fully saturated rings. The Morgan fingerprint density at radius 3 is 2.58 bits per heavy atom. The van der Waals surface area contributed by atoms with Crippen LogP contribution in [0, 0.1) is 11.6 Å². The first-order valence-corrected chi connectivity index (χ1v) is 7.65. The van der Waals surface area contributed by atoms with Gasteiger partial charge in [-0.3, -0.25) is 4.79 Å². The number of hydrogen-bond donors (Lipinski definition) is 1. The number of benzene rings is 2. The van der Waals surface area contributed by atoms with Crippen LogP contribution >= 0.6 is 0 Å². The minimum absolute atomic E-state index is 0.136. The number of carbonyl (C=O) groups is 1. The summed E-state index contributed by atoms with van der Waals surface area (Å²) in [5.74, 6) is -1.14. The zero-order valence-electron chi connectivity index (χ0n) is 12.9. The summed E-state index contributed by atoms with van der Waals surface area (Å²) in [6, 6.07) is 9.92. The van der Waals surface area contributed by atoms with E-state index in [-0.39, 0.29) is 38.0 Å². The maximum atomic E-state index is 13.5. The quantitative estimate of drug-likeness (QED) is 0.914. The Morgan fingerprint density at radius 2 is 1.88 bits per heavy atom. The molecule has 24 heavy (non-hydrogen) atoms. The Kier molecular flexibility index (Phi) is 4.76. The average molecular weight is 333 g/mol. The smallest absolute Gasteiger partial charge is 0.234 e. The van der Waals surface area contributed by atoms with E-state index >= 15 is 0 Å². The van der Waals surface area contributed by atoms with Crippen molar-refractivity contribution in [3.05, 3.63) is 65.2 Å². The third kappa shape index (κ3) is 3.38. The van der Waals surface area contributed by atoms with Gasteiger partial charge >= 0.3 is 0 Å². The zero-order valence-corrected chi connectivity index (χ0v) is 12.9. The third-order valence-corrected chi connectivity index (χ3v) is 4.02. The van der Waals surface area contributed by atoms with Crippen LogP contribution in [0.15, 0.2) is 42.5 Å². The molecule has 0 saturated heterocycles. The normalized spacial score (nSPS) is 15.7. The molecule has 1 unspecified atom stereocenters. The minimum Gasteiger partial charge on any atom is -0.492 e. The summed E-state index contributed by atoms with van der Waals surface area (Å²) in [7, 11) is 0. The molecule has 0 spiro atoms. The van der Waals surface area contributed by atoms with Gasteiger partial charge in [-0.05, 0) is 35.9 Å². The second-order valence-electron chi connectivity index (χ2n) is 5.66. The Balaban J connectivity index is 1.80. The van der Waals surface area contributed by atoms with Gasteiger partial charge < -0.3 is 14.7 Å². The van der Waals surface area contributed by atoms with Gasteiger partial charge in [-0.15, -0.1) is 0 Å². The van der Waals surface area contributed by atoms with Gasteiger partial charge in [0.2, 0.25) is 5.91 Å². The third-order valence-electron chi connectivity index (χ3n) is 4.02. The summed E-state index contributed by atoms with van der Waals surface area (Å²) in [5, 5.41) is 9.24. The van der Waals surface area contributed by atoms with E-state index in [0.29, 0.717) is 11.3 Å². The number of hydrogen-bond acceptors (Lipinski definition) is 3. The van der Waals surface area contributed by atoms with E-state index in [0.717, 1.165) is 5.56 Å². The molecule has 3 rings (SSSR count). The number of rotatable bonds is 5. The summed E-state index contributed by atoms with van der Waals surface area (Å²) in [5.41, 5.74) is 1.26. The molecule has 1 heterocycles. The van der Waals surface area contributed by atoms with Crippen molar-refractivity contribution in [1.82, 2.24) is 4.90 Å². The Labute approximate surface area is 138 Å². The van der Waals surface area contributed by atoms with Gasteiger partial charge in [0.05, 0.1) is 6.61 Å². The molecule has 0 saturated carbocycles. The average Bonchev–Trinajstić information content (AvgIpc) is 2.98. The molecule has 2 aromatic rings. The first-order valence-electron chi connectivity index (χ1n) is 7.65. The summed E-state index contributed by atoms with van der Waals surface area (Å²) < 4.78 is 31.9. The molecule has 4 nitrogen and oxygen atoms in total. The van der Waals surface area contributed by atoms with Gasteiger partial charge in [0, 0.05) is 18.7 Å². The maximum Gasteiger partial charge on any atom is 0.234 e. The number of halogens is 2. The van der Waals surface area contributed by atoms with E-state index in [1.54, 1.807) is 12.1 Å². The van der Waals surface area contributed by atoms with Gasteiger partial charge in [0.15, 0.2) is 0 Å². The van der Waals surface area contributed by atoms with E-state index in [4.69, 9.17) is 4.74 Å². The summed E-state index contributed by atoms with van der Waals surface area (Å²) >= 11 is 0. The molecular formula is C18H17F2NO3. The highest BCUT2D eigenvalue weighted by molar-refractivity contribution is 5.85. The van der Waals surface area contributed by atoms with Crippen LogP contribution in [0.25, 0.3) is 0 Å². The molecule has 1 aliphatic rings. The van der Waals surface area contributed by atoms with Crippen LogP contribution in [0.5, 0.6) is 5.75 Å². The van der Waals surface area contributed by atoms with Gasteiger partial charge in [0.1, 0.15) is 29.9 Å². The predicted octanol–water partition coefficient (Wildman–Crippen LogP) is 2.46. The lowest BCUT2D eigenvalue weighted by Gasteiger charge is -2.24. The summed E-state index contributed by atoms with van der Waals surface area (Å²) in [6.45, 7) is 0.317. The highest BCUT2D eigenvalue weighted by Gasteiger charge is 2.33. The maximum absolute atomic E-state index is 13.5. The fourth-order valence-corrected chi connectivity index (χ4v) is 2.81. The number of aliphatic hydroxyl groups is 1. The topological polar surface area (TPSA) is 49.8 Å². The van der Waals surface area contributed by atoms with Crippen LogP contribution in [-0.4, -0.2) is 35.7 Å². The van der Waals surface area contributed by atoms with Crippen molar-refractivity contribution in [2.24, 2.45) is 0 Å². The highest BCUT2D eigenvalue weighted by Crippen LogP contribution is 2.35. The second-order valence-corrected chi connectivity index (χ2v) is 5.66. The van der Waals surface area contributed by atoms with E-state index in [1.807, 2.05) is 0 Å². The van der Waals surface area contributed by atoms with Crippen molar-refractivity contribution in [2.75, 3.05) is 19.8 Å². The first kappa shape index (κ1) is 16.4. The molecule has 1 amide bonds. The number of carbonyl (C=O) groups excluding carboxylic acids is 1. The largest absolute Gasteiger partial charge is 0.492 e. The molecule has 0 aromatic heterocycles. The lowest BCUT2D eigenvalue weighted by atomic mass is 9.99. The Hall–Kier alpha value is -2.47. The zero-order chi connectivity index (χ0) is 17.1. The number of amides is 1. The van der Waals surface area contributed by atoms with E-state index in [2.05, 4.69) is 0 Å². The number of ether oxygens (including phenoxy) is 1. The molecule has 1 N–H and O–H groups in total. The molecule has 2 aromatic carbocycles. The lowest BCUT2D eigenvalue weighted by Crippen LogP contribution is -2.37. The Bertz CT molecular complexity index is 734. The summed E-state index contributed by atoms with van der Waals surface area (Å²) in [4.78, 5) is 14.3. The van der Waals surface area contributed by atoms with Gasteiger partial charge in [-0.25, -0.2) is 8.78 Å². The molecule has 0 aliphatic carbocycles. The molecule has 6 heteroatoms. The second kappa shape index (κ2) is 6.97. The molecule has 0 radical (unpaired) electrons. The van der Waals surface area contributed by atoms with Crippen LogP contribution in [0.1, 0.15) is 17.0 Å². The van der Waals surface area contributed by atoms with E-state index in [9.17, 15) is 18.7 Å². The minimum atomic E-state index is -0.609. The van der Waals surface area contributed by atoms with Crippen LogP contribution in [0.3, 0.4) is 0 Å². The predicted molar refractivity (Wildman–Crippen MR) is 83.5 cm³/mol. The number of nitrogens with zero attached hydrogens (tertiary/aromatic N) is 1. The standard InChI is InChI=1S/C18H17F2NO3/c19-13-3-1-12(2-4-13)10-21(7-8-22)18(23)16-11-24-17-6-5-14(20)9-15(16)17/h1-6,9,16,22H,7-8,10-11H2.